The van der Waals surface area contributed by atoms with Crippen molar-refractivity contribution in [1.29, 1.82) is 0 Å². The first-order valence-corrected chi connectivity index (χ1v) is 7.64. The number of nitrogens with one attached hydrogen (secondary N) is 1. The van der Waals surface area contributed by atoms with Crippen LogP contribution in [0.3, 0.4) is 0 Å². The minimum atomic E-state index is -1.12. The Morgan fingerprint density at radius 1 is 1.41 bits per heavy atom. The summed E-state index contributed by atoms with van der Waals surface area (Å²) in [6.45, 7) is 6.19. The number of amides is 1. The lowest BCUT2D eigenvalue weighted by atomic mass is 9.75. The lowest BCUT2D eigenvalue weighted by Crippen LogP contribution is -2.52. The van der Waals surface area contributed by atoms with Gasteiger partial charge in [0, 0.05) is 19.6 Å². The average molecular weight is 316 g/mol. The number of aliphatic hydroxyl groups is 1. The van der Waals surface area contributed by atoms with E-state index in [0.717, 1.165) is 0 Å². The first kappa shape index (κ1) is 18.7. The predicted molar refractivity (Wildman–Crippen MR) is 81.7 cm³/mol. The molecule has 7 nitrogen and oxygen atoms in total. The Kier molecular flexibility index (Phi) is 6.19. The van der Waals surface area contributed by atoms with Crippen molar-refractivity contribution in [1.82, 2.24) is 10.2 Å². The van der Waals surface area contributed by atoms with Crippen molar-refractivity contribution >= 4 is 12.1 Å². The van der Waals surface area contributed by atoms with E-state index < -0.39 is 29.2 Å². The number of likely N-dealkylation sites (tertiary alicyclic amines) is 1. The van der Waals surface area contributed by atoms with Gasteiger partial charge in [0.15, 0.2) is 0 Å². The molecule has 0 aromatic heterocycles. The molecule has 0 bridgehead atoms. The largest absolute Gasteiger partial charge is 0.481 e. The highest BCUT2D eigenvalue weighted by molar-refractivity contribution is 5.77. The molecule has 7 heteroatoms. The molecule has 0 saturated carbocycles. The number of carbonyl (C=O) groups excluding carboxylic acids is 1. The van der Waals surface area contributed by atoms with Gasteiger partial charge in [-0.25, -0.2) is 4.79 Å². The average Bonchev–Trinajstić information content (AvgIpc) is 2.37. The number of aliphatic hydroxyl groups excluding tert-OH is 1. The Bertz CT molecular complexity index is 407. The molecule has 0 spiro atoms. The zero-order valence-corrected chi connectivity index (χ0v) is 13.9. The number of carboxylic acids is 1. The number of ether oxygens (including phenoxy) is 1. The maximum Gasteiger partial charge on any atom is 0.410 e. The molecule has 1 heterocycles. The van der Waals surface area contributed by atoms with Crippen molar-refractivity contribution in [2.24, 2.45) is 5.41 Å². The monoisotopic (exact) mass is 316 g/mol. The SMILES string of the molecule is CNC[C@@H](O)C[C@]1(C(=O)O)CCCN(C(=O)OC(C)(C)C)C1. The van der Waals surface area contributed by atoms with Crippen LogP contribution in [0.4, 0.5) is 4.79 Å². The van der Waals surface area contributed by atoms with Crippen LogP contribution in [0.25, 0.3) is 0 Å². The number of piperidine rings is 1. The fourth-order valence-corrected chi connectivity index (χ4v) is 2.80. The Morgan fingerprint density at radius 2 is 2.05 bits per heavy atom. The van der Waals surface area contributed by atoms with Gasteiger partial charge in [-0.05, 0) is 47.1 Å². The minimum Gasteiger partial charge on any atom is -0.481 e. The lowest BCUT2D eigenvalue weighted by molar-refractivity contribution is -0.154. The summed E-state index contributed by atoms with van der Waals surface area (Å²) in [5.41, 5.74) is -1.74. The maximum absolute atomic E-state index is 12.2. The fourth-order valence-electron chi connectivity index (χ4n) is 2.80. The van der Waals surface area contributed by atoms with Crippen molar-refractivity contribution in [3.8, 4) is 0 Å². The van der Waals surface area contributed by atoms with E-state index in [0.29, 0.717) is 25.9 Å². The summed E-state index contributed by atoms with van der Waals surface area (Å²) in [4.78, 5) is 25.4. The van der Waals surface area contributed by atoms with Gasteiger partial charge in [0.25, 0.3) is 0 Å². The zero-order chi connectivity index (χ0) is 17.0. The standard InChI is InChI=1S/C15H28N2O5/c1-14(2,3)22-13(21)17-7-5-6-15(10-17,12(19)20)8-11(18)9-16-4/h11,16,18H,5-10H2,1-4H3,(H,19,20)/t11-,15+/m0/s1. The number of nitrogens with zero attached hydrogens (tertiary/aromatic N) is 1. The smallest absolute Gasteiger partial charge is 0.410 e. The second-order valence-electron chi connectivity index (χ2n) is 7.01. The van der Waals surface area contributed by atoms with Crippen molar-refractivity contribution in [2.75, 3.05) is 26.7 Å². The lowest BCUT2D eigenvalue weighted by Gasteiger charge is -2.41. The van der Waals surface area contributed by atoms with E-state index in [4.69, 9.17) is 4.74 Å². The molecule has 0 unspecified atom stereocenters. The van der Waals surface area contributed by atoms with Crippen LogP contribution in [0, 0.1) is 5.41 Å². The molecule has 3 N–H and O–H groups in total. The van der Waals surface area contributed by atoms with E-state index in [1.165, 1.54) is 4.90 Å². The highest BCUT2D eigenvalue weighted by Gasteiger charge is 2.45. The van der Waals surface area contributed by atoms with Gasteiger partial charge in [-0.1, -0.05) is 0 Å². The van der Waals surface area contributed by atoms with Crippen molar-refractivity contribution in [3.63, 3.8) is 0 Å². The van der Waals surface area contributed by atoms with E-state index in [1.807, 2.05) is 0 Å². The van der Waals surface area contributed by atoms with Crippen LogP contribution in [-0.2, 0) is 9.53 Å². The summed E-state index contributed by atoms with van der Waals surface area (Å²) in [6, 6.07) is 0. The molecular weight excluding hydrogens is 288 g/mol. The molecule has 1 aliphatic heterocycles. The van der Waals surface area contributed by atoms with E-state index in [1.54, 1.807) is 27.8 Å². The number of carboxylic acid groups (broad SMARTS) is 1. The Balaban J connectivity index is 2.82. The molecule has 22 heavy (non-hydrogen) atoms. The molecule has 0 aliphatic carbocycles. The molecular formula is C15H28N2O5. The minimum absolute atomic E-state index is 0.0675. The van der Waals surface area contributed by atoms with Crippen LogP contribution in [0.1, 0.15) is 40.0 Å². The summed E-state index contributed by atoms with van der Waals surface area (Å²) in [6.07, 6.45) is -0.122. The van der Waals surface area contributed by atoms with Gasteiger partial charge in [-0.15, -0.1) is 0 Å². The van der Waals surface area contributed by atoms with Gasteiger partial charge in [0.05, 0.1) is 11.5 Å². The number of rotatable bonds is 5. The second-order valence-corrected chi connectivity index (χ2v) is 7.01. The van der Waals surface area contributed by atoms with Crippen LogP contribution in [0.15, 0.2) is 0 Å². The highest BCUT2D eigenvalue weighted by atomic mass is 16.6. The van der Waals surface area contributed by atoms with Gasteiger partial charge in [-0.3, -0.25) is 4.79 Å². The molecule has 0 aromatic rings. The molecule has 1 fully saturated rings. The summed E-state index contributed by atoms with van der Waals surface area (Å²) in [5.74, 6) is -0.976. The summed E-state index contributed by atoms with van der Waals surface area (Å²) in [7, 11) is 1.70. The van der Waals surface area contributed by atoms with Crippen molar-refractivity contribution < 1.29 is 24.5 Å². The number of carbonyl (C=O) groups is 2. The summed E-state index contributed by atoms with van der Waals surface area (Å²) in [5, 5.41) is 22.4. The molecule has 1 amide bonds. The predicted octanol–water partition coefficient (Wildman–Crippen LogP) is 1.06. The van der Waals surface area contributed by atoms with Crippen LogP contribution >= 0.6 is 0 Å². The molecule has 1 rings (SSSR count). The van der Waals surface area contributed by atoms with Gasteiger partial charge < -0.3 is 25.2 Å². The molecule has 2 atom stereocenters. The van der Waals surface area contributed by atoms with E-state index in [2.05, 4.69) is 5.32 Å². The number of hydrogen-bond acceptors (Lipinski definition) is 5. The number of likely N-dealkylation sites (N-methyl/N-ethyl adjacent to an activating group) is 1. The van der Waals surface area contributed by atoms with Crippen LogP contribution in [0.5, 0.6) is 0 Å². The van der Waals surface area contributed by atoms with Crippen LogP contribution in [0.2, 0.25) is 0 Å². The van der Waals surface area contributed by atoms with Crippen molar-refractivity contribution in [3.05, 3.63) is 0 Å². The number of aliphatic carboxylic acids is 1. The van der Waals surface area contributed by atoms with E-state index >= 15 is 0 Å². The molecule has 128 valence electrons. The first-order valence-electron chi connectivity index (χ1n) is 7.64. The van der Waals surface area contributed by atoms with Gasteiger partial charge >= 0.3 is 12.1 Å². The van der Waals surface area contributed by atoms with E-state index in [-0.39, 0.29) is 13.0 Å². The van der Waals surface area contributed by atoms with Gasteiger partial charge in [0.1, 0.15) is 5.60 Å². The molecule has 1 aliphatic rings. The fraction of sp³-hybridized carbons (Fsp3) is 0.867. The Morgan fingerprint density at radius 3 is 2.55 bits per heavy atom. The quantitative estimate of drug-likeness (QED) is 0.701. The van der Waals surface area contributed by atoms with Crippen molar-refractivity contribution in [2.45, 2.75) is 51.7 Å². The summed E-state index contributed by atoms with van der Waals surface area (Å²) < 4.78 is 5.32. The normalized spacial score (nSPS) is 24.0. The third-order valence-corrected chi connectivity index (χ3v) is 3.75. The topological polar surface area (TPSA) is 99.1 Å². The zero-order valence-electron chi connectivity index (χ0n) is 13.9. The highest BCUT2D eigenvalue weighted by Crippen LogP contribution is 2.35. The van der Waals surface area contributed by atoms with Crippen LogP contribution < -0.4 is 5.32 Å². The second kappa shape index (κ2) is 7.28. The molecule has 0 aromatic carbocycles. The Labute approximate surface area is 131 Å². The first-order chi connectivity index (χ1) is 10.1. The molecule has 0 radical (unpaired) electrons. The third kappa shape index (κ3) is 5.14. The Hall–Kier alpha value is -1.34. The van der Waals surface area contributed by atoms with Gasteiger partial charge in [-0.2, -0.15) is 0 Å². The molecule has 1 saturated heterocycles. The maximum atomic E-state index is 12.2. The third-order valence-electron chi connectivity index (χ3n) is 3.75. The van der Waals surface area contributed by atoms with Crippen LogP contribution in [-0.4, -0.2) is 65.6 Å². The number of hydrogen-bond donors (Lipinski definition) is 3. The van der Waals surface area contributed by atoms with E-state index in [9.17, 15) is 19.8 Å². The summed E-state index contributed by atoms with van der Waals surface area (Å²) >= 11 is 0. The van der Waals surface area contributed by atoms with Gasteiger partial charge in [0.2, 0.25) is 0 Å².